The van der Waals surface area contributed by atoms with Gasteiger partial charge < -0.3 is 9.80 Å². The molecule has 3 aromatic heterocycles. The molecule has 2 aliphatic rings. The van der Waals surface area contributed by atoms with Crippen molar-refractivity contribution in [2.24, 2.45) is 11.8 Å². The summed E-state index contributed by atoms with van der Waals surface area (Å²) in [4.78, 5) is 16.5. The number of anilines is 2. The molecule has 0 amide bonds. The molecule has 0 aliphatic carbocycles. The van der Waals surface area contributed by atoms with Gasteiger partial charge in [-0.25, -0.2) is 19.6 Å². The van der Waals surface area contributed by atoms with Gasteiger partial charge in [0.15, 0.2) is 5.65 Å². The highest BCUT2D eigenvalue weighted by atomic mass is 19.4. The number of hydrogen-bond donors (Lipinski definition) is 0. The lowest BCUT2D eigenvalue weighted by molar-refractivity contribution is -0.142. The van der Waals surface area contributed by atoms with Crippen molar-refractivity contribution in [1.29, 1.82) is 0 Å². The van der Waals surface area contributed by atoms with Gasteiger partial charge in [0.25, 0.3) is 0 Å². The van der Waals surface area contributed by atoms with Crippen LogP contribution in [-0.2, 0) is 12.7 Å². The fourth-order valence-electron chi connectivity index (χ4n) is 4.61. The maximum absolute atomic E-state index is 13.1. The minimum Gasteiger partial charge on any atom is -0.356 e. The SMILES string of the molecule is FC(F)(F)Cn1ncc2ncc(N3CC[C@@H]4CN(c5cc(C(F)(F)F)ccn5)C[C@@H]4C3)nc21. The first-order valence-electron chi connectivity index (χ1n) is 10.4. The van der Waals surface area contributed by atoms with Gasteiger partial charge in [0.2, 0.25) is 0 Å². The van der Waals surface area contributed by atoms with Crippen LogP contribution < -0.4 is 9.80 Å². The molecule has 5 heterocycles. The van der Waals surface area contributed by atoms with Crippen molar-refractivity contribution in [3.8, 4) is 0 Å². The van der Waals surface area contributed by atoms with Crippen molar-refractivity contribution in [3.63, 3.8) is 0 Å². The predicted molar refractivity (Wildman–Crippen MR) is 107 cm³/mol. The average molecular weight is 471 g/mol. The Morgan fingerprint density at radius 1 is 0.909 bits per heavy atom. The number of rotatable bonds is 3. The molecule has 0 N–H and O–H groups in total. The summed E-state index contributed by atoms with van der Waals surface area (Å²) < 4.78 is 78.4. The first-order valence-corrected chi connectivity index (χ1v) is 10.4. The Balaban J connectivity index is 1.32. The second-order valence-electron chi connectivity index (χ2n) is 8.41. The van der Waals surface area contributed by atoms with Gasteiger partial charge in [0.05, 0.1) is 18.0 Å². The lowest BCUT2D eigenvalue weighted by atomic mass is 9.89. The molecule has 2 saturated heterocycles. The minimum atomic E-state index is -4.43. The summed E-state index contributed by atoms with van der Waals surface area (Å²) in [5, 5.41) is 3.75. The van der Waals surface area contributed by atoms with Gasteiger partial charge in [-0.3, -0.25) is 0 Å². The molecule has 33 heavy (non-hydrogen) atoms. The molecule has 0 spiro atoms. The topological polar surface area (TPSA) is 63.0 Å². The van der Waals surface area contributed by atoms with Crippen molar-refractivity contribution < 1.29 is 26.3 Å². The maximum Gasteiger partial charge on any atom is 0.416 e. The third kappa shape index (κ3) is 4.40. The van der Waals surface area contributed by atoms with Gasteiger partial charge in [-0.05, 0) is 30.4 Å². The molecule has 0 saturated carbocycles. The van der Waals surface area contributed by atoms with Gasteiger partial charge in [-0.1, -0.05) is 0 Å². The molecule has 0 aromatic carbocycles. The molecule has 5 rings (SSSR count). The Hall–Kier alpha value is -3.12. The molecule has 0 bridgehead atoms. The molecule has 0 unspecified atom stereocenters. The van der Waals surface area contributed by atoms with Crippen LogP contribution in [0.4, 0.5) is 38.0 Å². The summed E-state index contributed by atoms with van der Waals surface area (Å²) in [5.74, 6) is 1.20. The third-order valence-corrected chi connectivity index (χ3v) is 6.18. The summed E-state index contributed by atoms with van der Waals surface area (Å²) in [6.45, 7) is 1.09. The zero-order chi connectivity index (χ0) is 23.4. The Labute approximate surface area is 184 Å². The largest absolute Gasteiger partial charge is 0.416 e. The summed E-state index contributed by atoms with van der Waals surface area (Å²) in [7, 11) is 0. The lowest BCUT2D eigenvalue weighted by Crippen LogP contribution is -2.40. The Morgan fingerprint density at radius 2 is 1.67 bits per heavy atom. The van der Waals surface area contributed by atoms with E-state index in [1.54, 1.807) is 0 Å². The molecule has 7 nitrogen and oxygen atoms in total. The van der Waals surface area contributed by atoms with Gasteiger partial charge >= 0.3 is 12.4 Å². The van der Waals surface area contributed by atoms with Crippen molar-refractivity contribution in [2.45, 2.75) is 25.3 Å². The van der Waals surface area contributed by atoms with Crippen molar-refractivity contribution in [2.75, 3.05) is 36.0 Å². The van der Waals surface area contributed by atoms with Crippen LogP contribution in [0.3, 0.4) is 0 Å². The highest BCUT2D eigenvalue weighted by Gasteiger charge is 2.39. The first-order chi connectivity index (χ1) is 15.6. The number of nitrogens with zero attached hydrogens (tertiary/aromatic N) is 7. The fourth-order valence-corrected chi connectivity index (χ4v) is 4.61. The van der Waals surface area contributed by atoms with Gasteiger partial charge in [-0.2, -0.15) is 31.4 Å². The van der Waals surface area contributed by atoms with E-state index in [4.69, 9.17) is 0 Å². The van der Waals surface area contributed by atoms with E-state index in [0.29, 0.717) is 37.8 Å². The summed E-state index contributed by atoms with van der Waals surface area (Å²) in [6, 6.07) is 2.02. The number of hydrogen-bond acceptors (Lipinski definition) is 6. The molecule has 13 heteroatoms. The quantitative estimate of drug-likeness (QED) is 0.542. The van der Waals surface area contributed by atoms with Crippen molar-refractivity contribution >= 4 is 22.8 Å². The smallest absolute Gasteiger partial charge is 0.356 e. The van der Waals surface area contributed by atoms with Crippen LogP contribution in [0.15, 0.2) is 30.7 Å². The lowest BCUT2D eigenvalue weighted by Gasteiger charge is -2.34. The zero-order valence-corrected chi connectivity index (χ0v) is 17.2. The first kappa shape index (κ1) is 21.7. The second kappa shape index (κ2) is 7.73. The Bertz CT molecular complexity index is 1160. The molecular formula is C20H19F6N7. The average Bonchev–Trinajstić information content (AvgIpc) is 3.35. The van der Waals surface area contributed by atoms with Gasteiger partial charge in [0, 0.05) is 32.4 Å². The van der Waals surface area contributed by atoms with Crippen LogP contribution in [0.25, 0.3) is 11.2 Å². The van der Waals surface area contributed by atoms with Crippen molar-refractivity contribution in [1.82, 2.24) is 24.7 Å². The predicted octanol–water partition coefficient (Wildman–Crippen LogP) is 3.77. The summed E-state index contributed by atoms with van der Waals surface area (Å²) >= 11 is 0. The summed E-state index contributed by atoms with van der Waals surface area (Å²) in [5.41, 5.74) is -0.392. The minimum absolute atomic E-state index is 0.0631. The Kier molecular flexibility index (Phi) is 5.09. The van der Waals surface area contributed by atoms with Crippen LogP contribution in [0.2, 0.25) is 0 Å². The number of halogens is 6. The van der Waals surface area contributed by atoms with E-state index in [1.807, 2.05) is 9.80 Å². The number of piperidine rings is 1. The maximum atomic E-state index is 13.1. The van der Waals surface area contributed by atoms with Crippen LogP contribution in [0, 0.1) is 11.8 Å². The molecule has 3 aromatic rings. The van der Waals surface area contributed by atoms with E-state index < -0.39 is 24.5 Å². The van der Waals surface area contributed by atoms with Gasteiger partial charge in [0.1, 0.15) is 23.7 Å². The monoisotopic (exact) mass is 471 g/mol. The van der Waals surface area contributed by atoms with Crippen LogP contribution in [0.1, 0.15) is 12.0 Å². The van der Waals surface area contributed by atoms with Crippen molar-refractivity contribution in [3.05, 3.63) is 36.3 Å². The second-order valence-corrected chi connectivity index (χ2v) is 8.41. The van der Waals surface area contributed by atoms with Crippen LogP contribution in [0.5, 0.6) is 0 Å². The zero-order valence-electron chi connectivity index (χ0n) is 17.2. The third-order valence-electron chi connectivity index (χ3n) is 6.18. The number of alkyl halides is 6. The van der Waals surface area contributed by atoms with E-state index >= 15 is 0 Å². The van der Waals surface area contributed by atoms with E-state index in [9.17, 15) is 26.3 Å². The molecule has 2 fully saturated rings. The molecule has 2 aliphatic heterocycles. The Morgan fingerprint density at radius 3 is 2.42 bits per heavy atom. The number of fused-ring (bicyclic) bond motifs is 2. The van der Waals surface area contributed by atoms with E-state index in [-0.39, 0.29) is 23.0 Å². The molecular weight excluding hydrogens is 452 g/mol. The van der Waals surface area contributed by atoms with Crippen LogP contribution in [-0.4, -0.2) is 57.1 Å². The molecule has 0 radical (unpaired) electrons. The fraction of sp³-hybridized carbons (Fsp3) is 0.500. The normalized spacial score (nSPS) is 21.6. The summed E-state index contributed by atoms with van der Waals surface area (Å²) in [6.07, 6.45) is -4.15. The molecule has 176 valence electrons. The van der Waals surface area contributed by atoms with E-state index in [0.717, 1.165) is 23.2 Å². The number of aromatic nitrogens is 5. The van der Waals surface area contributed by atoms with E-state index in [2.05, 4.69) is 20.1 Å². The number of pyridine rings is 1. The van der Waals surface area contributed by atoms with Crippen LogP contribution >= 0.6 is 0 Å². The highest BCUT2D eigenvalue weighted by molar-refractivity contribution is 5.71. The standard InChI is InChI=1S/C20H19F6N7/c21-19(22,23)11-33-18-15(6-29-33)28-7-17(30-18)31-4-2-12-8-32(10-13(12)9-31)16-5-14(1-3-27-16)20(24,25)26/h1,3,5-7,12-13H,2,4,8-11H2/t12-,13+/m1/s1. The molecule has 2 atom stereocenters. The highest BCUT2D eigenvalue weighted by Crippen LogP contribution is 2.37. The van der Waals surface area contributed by atoms with E-state index in [1.165, 1.54) is 18.6 Å². The van der Waals surface area contributed by atoms with Gasteiger partial charge in [-0.15, -0.1) is 0 Å².